The predicted octanol–water partition coefficient (Wildman–Crippen LogP) is 4.95. The SMILES string of the molecule is C[C@H](Oc1ccc(F)cc1)C(=O)NCCSCc1c(Cl)cccc1Cl. The quantitative estimate of drug-likeness (QED) is 0.635. The van der Waals surface area contributed by atoms with E-state index in [1.54, 1.807) is 30.8 Å². The summed E-state index contributed by atoms with van der Waals surface area (Å²) in [4.78, 5) is 12.0. The van der Waals surface area contributed by atoms with Crippen molar-refractivity contribution in [3.05, 3.63) is 63.9 Å². The number of amides is 1. The van der Waals surface area contributed by atoms with Gasteiger partial charge in [-0.2, -0.15) is 11.8 Å². The van der Waals surface area contributed by atoms with Crippen LogP contribution in [0.25, 0.3) is 0 Å². The number of halogens is 3. The summed E-state index contributed by atoms with van der Waals surface area (Å²) < 4.78 is 18.3. The summed E-state index contributed by atoms with van der Waals surface area (Å²) in [6.45, 7) is 2.15. The second-order valence-corrected chi connectivity index (χ2v) is 7.18. The fraction of sp³-hybridized carbons (Fsp3) is 0.278. The van der Waals surface area contributed by atoms with Crippen molar-refractivity contribution in [3.63, 3.8) is 0 Å². The topological polar surface area (TPSA) is 38.3 Å². The van der Waals surface area contributed by atoms with Crippen molar-refractivity contribution in [2.75, 3.05) is 12.3 Å². The molecule has 0 bridgehead atoms. The molecule has 3 nitrogen and oxygen atoms in total. The van der Waals surface area contributed by atoms with Crippen LogP contribution in [0.1, 0.15) is 12.5 Å². The van der Waals surface area contributed by atoms with Crippen LogP contribution in [0.3, 0.4) is 0 Å². The number of carbonyl (C=O) groups is 1. The average Bonchev–Trinajstić information content (AvgIpc) is 2.58. The van der Waals surface area contributed by atoms with E-state index in [0.29, 0.717) is 28.1 Å². The highest BCUT2D eigenvalue weighted by Gasteiger charge is 2.14. The Morgan fingerprint density at radius 3 is 2.48 bits per heavy atom. The first kappa shape index (κ1) is 19.9. The third-order valence-corrected chi connectivity index (χ3v) is 5.04. The fourth-order valence-electron chi connectivity index (χ4n) is 2.01. The van der Waals surface area contributed by atoms with E-state index in [2.05, 4.69) is 5.32 Å². The molecular formula is C18H18Cl2FNO2S. The standard InChI is InChI=1S/C18H18Cl2FNO2S/c1-12(24-14-7-5-13(21)6-8-14)18(23)22-9-10-25-11-15-16(19)3-2-4-17(15)20/h2-8,12H,9-11H2,1H3,(H,22,23)/t12-/m0/s1. The molecule has 0 unspecified atom stereocenters. The molecule has 0 saturated carbocycles. The molecule has 0 heterocycles. The highest BCUT2D eigenvalue weighted by molar-refractivity contribution is 7.98. The van der Waals surface area contributed by atoms with Gasteiger partial charge in [0, 0.05) is 28.1 Å². The first-order valence-corrected chi connectivity index (χ1v) is 9.59. The van der Waals surface area contributed by atoms with E-state index in [-0.39, 0.29) is 11.7 Å². The second kappa shape index (κ2) is 9.90. The third-order valence-electron chi connectivity index (χ3n) is 3.35. The van der Waals surface area contributed by atoms with Crippen molar-refractivity contribution in [2.45, 2.75) is 18.8 Å². The van der Waals surface area contributed by atoms with Gasteiger partial charge in [0.05, 0.1) is 0 Å². The first-order chi connectivity index (χ1) is 12.0. The van der Waals surface area contributed by atoms with E-state index in [4.69, 9.17) is 27.9 Å². The molecule has 25 heavy (non-hydrogen) atoms. The van der Waals surface area contributed by atoms with E-state index >= 15 is 0 Å². The van der Waals surface area contributed by atoms with E-state index in [0.717, 1.165) is 11.3 Å². The normalized spacial score (nSPS) is 11.8. The van der Waals surface area contributed by atoms with Crippen LogP contribution in [0.2, 0.25) is 10.0 Å². The number of hydrogen-bond donors (Lipinski definition) is 1. The van der Waals surface area contributed by atoms with Gasteiger partial charge in [0.15, 0.2) is 6.10 Å². The van der Waals surface area contributed by atoms with Crippen molar-refractivity contribution in [2.24, 2.45) is 0 Å². The van der Waals surface area contributed by atoms with Crippen molar-refractivity contribution in [3.8, 4) is 5.75 Å². The van der Waals surface area contributed by atoms with Gasteiger partial charge in [-0.25, -0.2) is 4.39 Å². The summed E-state index contributed by atoms with van der Waals surface area (Å²) in [5.41, 5.74) is 0.898. The summed E-state index contributed by atoms with van der Waals surface area (Å²) in [5, 5.41) is 4.09. The van der Waals surface area contributed by atoms with Crippen LogP contribution in [-0.2, 0) is 10.5 Å². The van der Waals surface area contributed by atoms with Crippen molar-refractivity contribution in [1.82, 2.24) is 5.32 Å². The molecule has 2 aromatic carbocycles. The highest BCUT2D eigenvalue weighted by Crippen LogP contribution is 2.27. The zero-order valence-electron chi connectivity index (χ0n) is 13.6. The summed E-state index contributed by atoms with van der Waals surface area (Å²) in [6, 6.07) is 11.0. The Bertz CT molecular complexity index is 692. The molecule has 0 aromatic heterocycles. The Morgan fingerprint density at radius 2 is 1.84 bits per heavy atom. The highest BCUT2D eigenvalue weighted by atomic mass is 35.5. The van der Waals surface area contributed by atoms with Gasteiger partial charge in [0.2, 0.25) is 0 Å². The maximum absolute atomic E-state index is 12.8. The van der Waals surface area contributed by atoms with Crippen molar-refractivity contribution >= 4 is 40.9 Å². The molecular weight excluding hydrogens is 384 g/mol. The molecule has 0 aliphatic rings. The fourth-order valence-corrected chi connectivity index (χ4v) is 3.60. The zero-order chi connectivity index (χ0) is 18.2. The molecule has 1 N–H and O–H groups in total. The van der Waals surface area contributed by atoms with Crippen LogP contribution in [0.5, 0.6) is 5.75 Å². The van der Waals surface area contributed by atoms with Gasteiger partial charge >= 0.3 is 0 Å². The monoisotopic (exact) mass is 401 g/mol. The number of nitrogens with one attached hydrogen (secondary N) is 1. The summed E-state index contributed by atoms with van der Waals surface area (Å²) >= 11 is 13.9. The van der Waals surface area contributed by atoms with E-state index in [1.807, 2.05) is 6.07 Å². The number of carbonyl (C=O) groups excluding carboxylic acids is 1. The number of benzene rings is 2. The Morgan fingerprint density at radius 1 is 1.20 bits per heavy atom. The lowest BCUT2D eigenvalue weighted by atomic mass is 10.2. The molecule has 0 radical (unpaired) electrons. The molecule has 0 saturated heterocycles. The van der Waals surface area contributed by atoms with Crippen LogP contribution in [-0.4, -0.2) is 24.3 Å². The van der Waals surface area contributed by atoms with Gasteiger partial charge in [-0.05, 0) is 48.9 Å². The summed E-state index contributed by atoms with van der Waals surface area (Å²) in [6.07, 6.45) is -0.659. The molecule has 1 amide bonds. The largest absolute Gasteiger partial charge is 0.481 e. The molecule has 134 valence electrons. The number of thioether (sulfide) groups is 1. The number of ether oxygens (including phenoxy) is 1. The van der Waals surface area contributed by atoms with Crippen LogP contribution in [0.4, 0.5) is 4.39 Å². The van der Waals surface area contributed by atoms with Gasteiger partial charge in [0.1, 0.15) is 11.6 Å². The Kier molecular flexibility index (Phi) is 7.88. The Balaban J connectivity index is 1.68. The molecule has 2 aromatic rings. The lowest BCUT2D eigenvalue weighted by molar-refractivity contribution is -0.127. The third kappa shape index (κ3) is 6.42. The van der Waals surface area contributed by atoms with Crippen LogP contribution in [0, 0.1) is 5.82 Å². The molecule has 0 aliphatic heterocycles. The predicted molar refractivity (Wildman–Crippen MR) is 102 cm³/mol. The molecule has 0 aliphatic carbocycles. The van der Waals surface area contributed by atoms with Gasteiger partial charge in [-0.15, -0.1) is 0 Å². The maximum Gasteiger partial charge on any atom is 0.260 e. The lowest BCUT2D eigenvalue weighted by Crippen LogP contribution is -2.37. The van der Waals surface area contributed by atoms with E-state index in [9.17, 15) is 9.18 Å². The van der Waals surface area contributed by atoms with Gasteiger partial charge in [0.25, 0.3) is 5.91 Å². The first-order valence-electron chi connectivity index (χ1n) is 7.68. The lowest BCUT2D eigenvalue weighted by Gasteiger charge is -2.14. The molecule has 0 fully saturated rings. The second-order valence-electron chi connectivity index (χ2n) is 5.26. The van der Waals surface area contributed by atoms with Crippen LogP contribution >= 0.6 is 35.0 Å². The molecule has 7 heteroatoms. The number of rotatable bonds is 8. The average molecular weight is 402 g/mol. The minimum atomic E-state index is -0.659. The smallest absolute Gasteiger partial charge is 0.260 e. The molecule has 0 spiro atoms. The Labute approximate surface area is 160 Å². The molecule has 1 atom stereocenters. The van der Waals surface area contributed by atoms with Gasteiger partial charge < -0.3 is 10.1 Å². The van der Waals surface area contributed by atoms with E-state index < -0.39 is 6.10 Å². The maximum atomic E-state index is 12.8. The molecule has 2 rings (SSSR count). The van der Waals surface area contributed by atoms with Gasteiger partial charge in [-0.3, -0.25) is 4.79 Å². The summed E-state index contributed by atoms with van der Waals surface area (Å²) in [5.74, 6) is 1.28. The van der Waals surface area contributed by atoms with Gasteiger partial charge in [-0.1, -0.05) is 29.3 Å². The van der Waals surface area contributed by atoms with Crippen LogP contribution in [0.15, 0.2) is 42.5 Å². The Hall–Kier alpha value is -1.43. The summed E-state index contributed by atoms with van der Waals surface area (Å²) in [7, 11) is 0. The number of hydrogen-bond acceptors (Lipinski definition) is 3. The zero-order valence-corrected chi connectivity index (χ0v) is 15.9. The minimum Gasteiger partial charge on any atom is -0.481 e. The van der Waals surface area contributed by atoms with Crippen molar-refractivity contribution < 1.29 is 13.9 Å². The van der Waals surface area contributed by atoms with Crippen molar-refractivity contribution in [1.29, 1.82) is 0 Å². The minimum absolute atomic E-state index is 0.222. The van der Waals surface area contributed by atoms with Crippen LogP contribution < -0.4 is 10.1 Å². The van der Waals surface area contributed by atoms with E-state index in [1.165, 1.54) is 24.3 Å².